The number of imidazole rings is 1. The molecule has 1 amide bonds. The van der Waals surface area contributed by atoms with E-state index >= 15 is 0 Å². The molecular weight excluding hydrogens is 332 g/mol. The summed E-state index contributed by atoms with van der Waals surface area (Å²) in [6, 6.07) is 9.90. The zero-order chi connectivity index (χ0) is 18.0. The first-order valence-corrected chi connectivity index (χ1v) is 9.41. The van der Waals surface area contributed by atoms with Crippen LogP contribution in [0.2, 0.25) is 0 Å². The molecule has 0 saturated carbocycles. The first-order chi connectivity index (χ1) is 12.1. The van der Waals surface area contributed by atoms with Crippen molar-refractivity contribution in [2.75, 3.05) is 19.3 Å². The molecule has 0 unspecified atom stereocenters. The number of hydrogen-bond donors (Lipinski definition) is 2. The smallest absolute Gasteiger partial charge is 0.241 e. The maximum Gasteiger partial charge on any atom is 0.241 e. The molecule has 1 aromatic heterocycles. The van der Waals surface area contributed by atoms with Gasteiger partial charge in [-0.05, 0) is 13.0 Å². The van der Waals surface area contributed by atoms with Gasteiger partial charge in [-0.15, -0.1) is 0 Å². The first-order valence-electron chi connectivity index (χ1n) is 8.78. The van der Waals surface area contributed by atoms with Gasteiger partial charge in [0.05, 0.1) is 17.8 Å². The summed E-state index contributed by atoms with van der Waals surface area (Å²) in [5.74, 6) is 1.85. The molecule has 2 aromatic rings. The molecule has 25 heavy (non-hydrogen) atoms. The zero-order valence-electron chi connectivity index (χ0n) is 15.0. The second kappa shape index (κ2) is 7.62. The fraction of sp³-hybridized carbons (Fsp3) is 0.474. The molecule has 0 saturated heterocycles. The van der Waals surface area contributed by atoms with Crippen molar-refractivity contribution in [1.29, 1.82) is 0 Å². The normalized spacial score (nSPS) is 18.3. The Hall–Kier alpha value is -1.79. The van der Waals surface area contributed by atoms with Crippen LogP contribution in [0.25, 0.3) is 11.3 Å². The van der Waals surface area contributed by atoms with Gasteiger partial charge in [-0.2, -0.15) is 12.6 Å². The zero-order valence-corrected chi connectivity index (χ0v) is 15.9. The number of nitrogens with one attached hydrogen (secondary N) is 1. The molecule has 0 bridgehead atoms. The minimum atomic E-state index is -0.264. The summed E-state index contributed by atoms with van der Waals surface area (Å²) in [5, 5.41) is 3.07. The summed E-state index contributed by atoms with van der Waals surface area (Å²) in [4.78, 5) is 19.8. The monoisotopic (exact) mass is 358 g/mol. The molecule has 1 aliphatic heterocycles. The van der Waals surface area contributed by atoms with Crippen molar-refractivity contribution in [1.82, 2.24) is 19.8 Å². The molecule has 3 rings (SSSR count). The van der Waals surface area contributed by atoms with Gasteiger partial charge in [-0.25, -0.2) is 4.98 Å². The molecule has 5 nitrogen and oxygen atoms in total. The second-order valence-electron chi connectivity index (χ2n) is 6.79. The summed E-state index contributed by atoms with van der Waals surface area (Å²) < 4.78 is 2.20. The number of nitrogens with zero attached hydrogens (tertiary/aromatic N) is 3. The average molecular weight is 359 g/mol. The van der Waals surface area contributed by atoms with E-state index in [2.05, 4.69) is 54.7 Å². The van der Waals surface area contributed by atoms with Gasteiger partial charge in [-0.3, -0.25) is 4.79 Å². The number of aromatic nitrogens is 2. The number of amides is 1. The quantitative estimate of drug-likeness (QED) is 0.808. The number of fused-ring (bicyclic) bond motifs is 1. The Bertz CT molecular complexity index is 724. The van der Waals surface area contributed by atoms with Crippen molar-refractivity contribution in [2.24, 2.45) is 5.92 Å². The van der Waals surface area contributed by atoms with Gasteiger partial charge in [0.25, 0.3) is 0 Å². The number of rotatable bonds is 5. The van der Waals surface area contributed by atoms with Crippen LogP contribution in [0.5, 0.6) is 0 Å². The maximum absolute atomic E-state index is 12.9. The third-order valence-corrected chi connectivity index (χ3v) is 5.17. The minimum Gasteiger partial charge on any atom is -0.331 e. The maximum atomic E-state index is 12.9. The lowest BCUT2D eigenvalue weighted by atomic mass is 9.99. The molecule has 0 spiro atoms. The van der Waals surface area contributed by atoms with E-state index < -0.39 is 0 Å². The van der Waals surface area contributed by atoms with Gasteiger partial charge in [0.2, 0.25) is 5.91 Å². The first kappa shape index (κ1) is 18.0. The van der Waals surface area contributed by atoms with E-state index in [4.69, 9.17) is 4.98 Å². The number of carbonyl (C=O) groups is 1. The van der Waals surface area contributed by atoms with Gasteiger partial charge in [0.1, 0.15) is 5.82 Å². The Morgan fingerprint density at radius 3 is 2.64 bits per heavy atom. The highest BCUT2D eigenvalue weighted by Crippen LogP contribution is 2.34. The number of hydrogen-bond acceptors (Lipinski definition) is 4. The SMILES string of the molecule is CN[C@@H](CS)C(=O)N1CCn2cc(-c3ccccc3)nc2[C@@H]1C(C)C. The predicted molar refractivity (Wildman–Crippen MR) is 104 cm³/mol. The Kier molecular flexibility index (Phi) is 5.49. The van der Waals surface area contributed by atoms with Crippen molar-refractivity contribution in [3.05, 3.63) is 42.4 Å². The van der Waals surface area contributed by atoms with Crippen LogP contribution in [0.15, 0.2) is 36.5 Å². The van der Waals surface area contributed by atoms with E-state index in [1.54, 1.807) is 0 Å². The molecule has 1 N–H and O–H groups in total. The van der Waals surface area contributed by atoms with Crippen molar-refractivity contribution < 1.29 is 4.79 Å². The molecule has 134 valence electrons. The molecule has 2 heterocycles. The highest BCUT2D eigenvalue weighted by Gasteiger charge is 2.37. The molecule has 0 radical (unpaired) electrons. The van der Waals surface area contributed by atoms with Gasteiger partial charge < -0.3 is 14.8 Å². The lowest BCUT2D eigenvalue weighted by Crippen LogP contribution is -2.52. The van der Waals surface area contributed by atoms with Gasteiger partial charge in [0.15, 0.2) is 0 Å². The molecule has 1 aliphatic rings. The van der Waals surface area contributed by atoms with Crippen LogP contribution < -0.4 is 5.32 Å². The Morgan fingerprint density at radius 1 is 1.32 bits per heavy atom. The van der Waals surface area contributed by atoms with E-state index in [-0.39, 0.29) is 23.9 Å². The highest BCUT2D eigenvalue weighted by atomic mass is 32.1. The van der Waals surface area contributed by atoms with E-state index in [1.807, 2.05) is 30.1 Å². The molecule has 2 atom stereocenters. The van der Waals surface area contributed by atoms with E-state index in [9.17, 15) is 4.79 Å². The number of carbonyl (C=O) groups excluding carboxylic acids is 1. The van der Waals surface area contributed by atoms with Crippen molar-refractivity contribution >= 4 is 18.5 Å². The largest absolute Gasteiger partial charge is 0.331 e. The molecule has 1 aromatic carbocycles. The van der Waals surface area contributed by atoms with E-state index in [0.29, 0.717) is 12.3 Å². The van der Waals surface area contributed by atoms with Crippen molar-refractivity contribution in [2.45, 2.75) is 32.5 Å². The predicted octanol–water partition coefficient (Wildman–Crippen LogP) is 2.61. The van der Waals surface area contributed by atoms with Gasteiger partial charge in [-0.1, -0.05) is 44.2 Å². The fourth-order valence-corrected chi connectivity index (χ4v) is 3.82. The number of thiol groups is 1. The summed E-state index contributed by atoms with van der Waals surface area (Å²) in [6.45, 7) is 5.76. The van der Waals surface area contributed by atoms with Crippen LogP contribution in [0.4, 0.5) is 0 Å². The molecular formula is C19H26N4OS. The van der Waals surface area contributed by atoms with Crippen LogP contribution in [0.1, 0.15) is 25.7 Å². The van der Waals surface area contributed by atoms with Gasteiger partial charge >= 0.3 is 0 Å². The fourth-order valence-electron chi connectivity index (χ4n) is 3.49. The minimum absolute atomic E-state index is 0.0190. The van der Waals surface area contributed by atoms with E-state index in [0.717, 1.165) is 23.6 Å². The summed E-state index contributed by atoms with van der Waals surface area (Å²) in [5.41, 5.74) is 2.07. The highest BCUT2D eigenvalue weighted by molar-refractivity contribution is 7.80. The van der Waals surface area contributed by atoms with Crippen LogP contribution in [-0.2, 0) is 11.3 Å². The van der Waals surface area contributed by atoms with Crippen molar-refractivity contribution in [3.63, 3.8) is 0 Å². The van der Waals surface area contributed by atoms with Gasteiger partial charge in [0, 0.05) is 30.6 Å². The number of likely N-dealkylation sites (N-methyl/N-ethyl adjacent to an activating group) is 1. The van der Waals surface area contributed by atoms with Crippen LogP contribution in [-0.4, -0.2) is 45.7 Å². The second-order valence-corrected chi connectivity index (χ2v) is 7.15. The lowest BCUT2D eigenvalue weighted by molar-refractivity contribution is -0.137. The van der Waals surface area contributed by atoms with Crippen LogP contribution in [0.3, 0.4) is 0 Å². The molecule has 0 fully saturated rings. The number of benzene rings is 1. The van der Waals surface area contributed by atoms with Crippen LogP contribution >= 0.6 is 12.6 Å². The standard InChI is InChI=1S/C19H26N4OS/c1-13(2)17-18-21-15(14-7-5-4-6-8-14)11-22(18)9-10-23(17)19(24)16(12-25)20-3/h4-8,11,13,16-17,20,25H,9-10,12H2,1-3H3/t16-,17-/m0/s1. The Labute approximate surface area is 154 Å². The van der Waals surface area contributed by atoms with Crippen LogP contribution in [0, 0.1) is 5.92 Å². The Morgan fingerprint density at radius 2 is 2.04 bits per heavy atom. The average Bonchev–Trinajstić information content (AvgIpc) is 3.06. The Balaban J connectivity index is 1.96. The lowest BCUT2D eigenvalue weighted by Gasteiger charge is -2.39. The van der Waals surface area contributed by atoms with E-state index in [1.165, 1.54) is 0 Å². The summed E-state index contributed by atoms with van der Waals surface area (Å²) >= 11 is 4.31. The molecule has 6 heteroatoms. The summed E-state index contributed by atoms with van der Waals surface area (Å²) in [7, 11) is 1.81. The topological polar surface area (TPSA) is 50.2 Å². The summed E-state index contributed by atoms with van der Waals surface area (Å²) in [6.07, 6.45) is 2.11. The third-order valence-electron chi connectivity index (χ3n) is 4.80. The van der Waals surface area contributed by atoms with Crippen molar-refractivity contribution in [3.8, 4) is 11.3 Å². The third kappa shape index (κ3) is 3.46. The molecule has 0 aliphatic carbocycles.